The van der Waals surface area contributed by atoms with Gasteiger partial charge in [-0.05, 0) is 75.5 Å². The molecule has 3 N–H and O–H groups in total. The third-order valence-corrected chi connectivity index (χ3v) is 7.50. The van der Waals surface area contributed by atoms with E-state index >= 15 is 0 Å². The lowest BCUT2D eigenvalue weighted by molar-refractivity contribution is -0.00751. The molecule has 1 saturated heterocycles. The van der Waals surface area contributed by atoms with Crippen LogP contribution in [0.1, 0.15) is 63.0 Å². The second kappa shape index (κ2) is 6.81. The molecule has 0 spiro atoms. The molecule has 1 saturated carbocycles. The molecule has 1 aromatic rings. The van der Waals surface area contributed by atoms with E-state index in [-0.39, 0.29) is 5.41 Å². The molecule has 4 rings (SSSR count). The van der Waals surface area contributed by atoms with Gasteiger partial charge in [0.05, 0.1) is 5.60 Å². The third kappa shape index (κ3) is 3.17. The van der Waals surface area contributed by atoms with Crippen LogP contribution in [0.15, 0.2) is 18.2 Å². The monoisotopic (exact) mass is 358 g/mol. The van der Waals surface area contributed by atoms with Crippen molar-refractivity contribution >= 4 is 0 Å². The maximum absolute atomic E-state index is 10.8. The minimum atomic E-state index is -0.460. The lowest BCUT2D eigenvalue weighted by atomic mass is 9.61. The Labute approximate surface area is 157 Å². The molecule has 4 nitrogen and oxygen atoms in total. The molecule has 4 heteroatoms. The Morgan fingerprint density at radius 3 is 2.73 bits per heavy atom. The molecule has 144 valence electrons. The molecule has 0 aromatic heterocycles. The van der Waals surface area contributed by atoms with Gasteiger partial charge in [0.15, 0.2) is 0 Å². The lowest BCUT2D eigenvalue weighted by Crippen LogP contribution is -2.66. The summed E-state index contributed by atoms with van der Waals surface area (Å²) in [6.45, 7) is 4.32. The summed E-state index contributed by atoms with van der Waals surface area (Å²) in [4.78, 5) is 2.49. The number of rotatable bonds is 4. The van der Waals surface area contributed by atoms with E-state index in [9.17, 15) is 10.2 Å². The number of likely N-dealkylation sites (N-methyl/N-ethyl adjacent to an activating group) is 1. The SMILES string of the molecule is CN1CC[C@@]2(C)c3cc(O)ccc3C[C@@H]1[C@H]2NCCC1(O)CCCCC1. The van der Waals surface area contributed by atoms with Crippen LogP contribution in [-0.2, 0) is 11.8 Å². The van der Waals surface area contributed by atoms with Crippen LogP contribution < -0.4 is 5.32 Å². The first kappa shape index (κ1) is 18.3. The van der Waals surface area contributed by atoms with E-state index < -0.39 is 5.60 Å². The van der Waals surface area contributed by atoms with Crippen LogP contribution in [0, 0.1) is 0 Å². The first-order chi connectivity index (χ1) is 12.4. The van der Waals surface area contributed by atoms with Gasteiger partial charge in [0.25, 0.3) is 0 Å². The summed E-state index contributed by atoms with van der Waals surface area (Å²) in [6, 6.07) is 6.76. The number of phenolic OH excluding ortho intramolecular Hbond substituents is 1. The molecule has 1 heterocycles. The largest absolute Gasteiger partial charge is 0.508 e. The third-order valence-electron chi connectivity index (χ3n) is 7.50. The zero-order valence-corrected chi connectivity index (χ0v) is 16.3. The van der Waals surface area contributed by atoms with Gasteiger partial charge in [-0.1, -0.05) is 32.3 Å². The van der Waals surface area contributed by atoms with Crippen LogP contribution in [0.4, 0.5) is 0 Å². The lowest BCUT2D eigenvalue weighted by Gasteiger charge is -2.55. The number of nitrogens with one attached hydrogen (secondary N) is 1. The zero-order valence-electron chi connectivity index (χ0n) is 16.3. The number of fused-ring (bicyclic) bond motifs is 4. The number of piperidine rings is 1. The second-order valence-electron chi connectivity index (χ2n) is 9.23. The standard InChI is InChI=1S/C22H34N2O2/c1-21-11-13-24(2)19(14-16-6-7-17(25)15-18(16)21)20(21)23-12-10-22(26)8-4-3-5-9-22/h6-7,15,19-20,23,25-26H,3-5,8-14H2,1-2H3/t19-,20-,21+/m1/s1. The van der Waals surface area contributed by atoms with Gasteiger partial charge in [-0.15, -0.1) is 0 Å². The average Bonchev–Trinajstić information content (AvgIpc) is 2.61. The Kier molecular flexibility index (Phi) is 4.79. The van der Waals surface area contributed by atoms with Crippen molar-refractivity contribution in [3.63, 3.8) is 0 Å². The number of phenols is 1. The van der Waals surface area contributed by atoms with Crippen molar-refractivity contribution in [1.82, 2.24) is 10.2 Å². The van der Waals surface area contributed by atoms with Crippen molar-refractivity contribution in [2.45, 2.75) is 81.4 Å². The molecular weight excluding hydrogens is 324 g/mol. The Morgan fingerprint density at radius 2 is 1.96 bits per heavy atom. The van der Waals surface area contributed by atoms with Crippen molar-refractivity contribution in [2.24, 2.45) is 0 Å². The van der Waals surface area contributed by atoms with Gasteiger partial charge >= 0.3 is 0 Å². The van der Waals surface area contributed by atoms with Gasteiger partial charge in [-0.25, -0.2) is 0 Å². The number of aromatic hydroxyl groups is 1. The number of benzene rings is 1. The Hall–Kier alpha value is -1.10. The number of hydrogen-bond donors (Lipinski definition) is 3. The summed E-state index contributed by atoms with van der Waals surface area (Å²) in [6.07, 6.45) is 8.48. The van der Waals surface area contributed by atoms with Crippen molar-refractivity contribution in [1.29, 1.82) is 0 Å². The van der Waals surface area contributed by atoms with Crippen LogP contribution in [-0.4, -0.2) is 52.9 Å². The summed E-state index contributed by atoms with van der Waals surface area (Å²) in [5.74, 6) is 0.373. The molecule has 0 radical (unpaired) electrons. The molecule has 2 fully saturated rings. The van der Waals surface area contributed by atoms with Crippen LogP contribution in [0.5, 0.6) is 5.75 Å². The fourth-order valence-electron chi connectivity index (χ4n) is 5.77. The molecule has 1 aromatic carbocycles. The molecule has 3 aliphatic rings. The van der Waals surface area contributed by atoms with E-state index in [0.717, 1.165) is 58.0 Å². The minimum Gasteiger partial charge on any atom is -0.508 e. The average molecular weight is 359 g/mol. The van der Waals surface area contributed by atoms with E-state index in [0.29, 0.717) is 17.8 Å². The fourth-order valence-corrected chi connectivity index (χ4v) is 5.77. The predicted molar refractivity (Wildman–Crippen MR) is 105 cm³/mol. The van der Waals surface area contributed by atoms with Crippen LogP contribution in [0.25, 0.3) is 0 Å². The highest BCUT2D eigenvalue weighted by Crippen LogP contribution is 2.45. The maximum Gasteiger partial charge on any atom is 0.115 e. The molecule has 2 aliphatic carbocycles. The smallest absolute Gasteiger partial charge is 0.115 e. The second-order valence-corrected chi connectivity index (χ2v) is 9.23. The Balaban J connectivity index is 1.53. The Bertz CT molecular complexity index is 656. The molecule has 3 atom stereocenters. The summed E-state index contributed by atoms with van der Waals surface area (Å²) in [5, 5.41) is 24.7. The fraction of sp³-hybridized carbons (Fsp3) is 0.727. The first-order valence-corrected chi connectivity index (χ1v) is 10.4. The molecular formula is C22H34N2O2. The predicted octanol–water partition coefficient (Wildman–Crippen LogP) is 2.95. The highest BCUT2D eigenvalue weighted by Gasteiger charge is 2.49. The molecule has 0 amide bonds. The van der Waals surface area contributed by atoms with Gasteiger partial charge in [-0.2, -0.15) is 0 Å². The highest BCUT2D eigenvalue weighted by molar-refractivity contribution is 5.45. The van der Waals surface area contributed by atoms with Gasteiger partial charge in [0.1, 0.15) is 5.75 Å². The van der Waals surface area contributed by atoms with E-state index in [4.69, 9.17) is 0 Å². The summed E-state index contributed by atoms with van der Waals surface area (Å²) >= 11 is 0. The van der Waals surface area contributed by atoms with Crippen LogP contribution >= 0.6 is 0 Å². The molecule has 2 bridgehead atoms. The first-order valence-electron chi connectivity index (χ1n) is 10.4. The Morgan fingerprint density at radius 1 is 1.19 bits per heavy atom. The van der Waals surface area contributed by atoms with Crippen molar-refractivity contribution in [3.05, 3.63) is 29.3 Å². The summed E-state index contributed by atoms with van der Waals surface area (Å²) < 4.78 is 0. The summed E-state index contributed by atoms with van der Waals surface area (Å²) in [7, 11) is 2.24. The number of likely N-dealkylation sites (tertiary alicyclic amines) is 1. The van der Waals surface area contributed by atoms with Crippen molar-refractivity contribution in [3.8, 4) is 5.75 Å². The van der Waals surface area contributed by atoms with Gasteiger partial charge in [0.2, 0.25) is 0 Å². The zero-order chi connectivity index (χ0) is 18.4. The van der Waals surface area contributed by atoms with E-state index in [1.807, 2.05) is 12.1 Å². The van der Waals surface area contributed by atoms with Gasteiger partial charge in [0, 0.05) is 17.5 Å². The highest BCUT2D eigenvalue weighted by atomic mass is 16.3. The molecule has 0 unspecified atom stereocenters. The molecule has 26 heavy (non-hydrogen) atoms. The number of nitrogens with zero attached hydrogens (tertiary/aromatic N) is 1. The van der Waals surface area contributed by atoms with Crippen LogP contribution in [0.2, 0.25) is 0 Å². The maximum atomic E-state index is 10.8. The van der Waals surface area contributed by atoms with Crippen LogP contribution in [0.3, 0.4) is 0 Å². The topological polar surface area (TPSA) is 55.7 Å². The van der Waals surface area contributed by atoms with Gasteiger partial charge < -0.3 is 20.4 Å². The summed E-state index contributed by atoms with van der Waals surface area (Å²) in [5.41, 5.74) is 2.28. The van der Waals surface area contributed by atoms with E-state index in [1.54, 1.807) is 0 Å². The van der Waals surface area contributed by atoms with E-state index in [1.165, 1.54) is 17.5 Å². The number of hydrogen-bond acceptors (Lipinski definition) is 4. The molecule has 1 aliphatic heterocycles. The quantitative estimate of drug-likeness (QED) is 0.775. The van der Waals surface area contributed by atoms with Crippen molar-refractivity contribution < 1.29 is 10.2 Å². The van der Waals surface area contributed by atoms with E-state index in [2.05, 4.69) is 30.3 Å². The normalized spacial score (nSPS) is 33.7. The number of aliphatic hydroxyl groups is 1. The van der Waals surface area contributed by atoms with Crippen molar-refractivity contribution in [2.75, 3.05) is 20.1 Å². The van der Waals surface area contributed by atoms with Gasteiger partial charge in [-0.3, -0.25) is 0 Å². The minimum absolute atomic E-state index is 0.0404.